The van der Waals surface area contributed by atoms with Crippen molar-refractivity contribution in [3.8, 4) is 11.3 Å². The SMILES string of the molecule is Cc1nc2cc(-c3cccc(F)c3)nn2c(C)c1CCC(=O)NCCN1CCOCC1. The summed E-state index contributed by atoms with van der Waals surface area (Å²) in [6.45, 7) is 8.78. The molecule has 1 amide bonds. The number of hydrogen-bond acceptors (Lipinski definition) is 5. The normalized spacial score (nSPS) is 14.8. The summed E-state index contributed by atoms with van der Waals surface area (Å²) < 4.78 is 20.7. The molecule has 31 heavy (non-hydrogen) atoms. The second-order valence-corrected chi connectivity index (χ2v) is 7.88. The molecule has 0 aliphatic carbocycles. The Kier molecular flexibility index (Phi) is 6.58. The maximum Gasteiger partial charge on any atom is 0.220 e. The van der Waals surface area contributed by atoms with Crippen molar-refractivity contribution < 1.29 is 13.9 Å². The van der Waals surface area contributed by atoms with E-state index in [1.165, 1.54) is 12.1 Å². The van der Waals surface area contributed by atoms with Crippen molar-refractivity contribution in [3.63, 3.8) is 0 Å². The van der Waals surface area contributed by atoms with Gasteiger partial charge in [-0.2, -0.15) is 5.10 Å². The fraction of sp³-hybridized carbons (Fsp3) is 0.435. The second-order valence-electron chi connectivity index (χ2n) is 7.88. The molecule has 0 spiro atoms. The van der Waals surface area contributed by atoms with Gasteiger partial charge in [0.15, 0.2) is 5.65 Å². The highest BCUT2D eigenvalue weighted by Crippen LogP contribution is 2.23. The van der Waals surface area contributed by atoms with E-state index in [-0.39, 0.29) is 11.7 Å². The lowest BCUT2D eigenvalue weighted by Crippen LogP contribution is -2.41. The molecule has 1 saturated heterocycles. The van der Waals surface area contributed by atoms with Crippen LogP contribution in [0.3, 0.4) is 0 Å². The molecule has 0 radical (unpaired) electrons. The minimum absolute atomic E-state index is 0.0353. The van der Waals surface area contributed by atoms with Gasteiger partial charge in [0.05, 0.1) is 18.9 Å². The summed E-state index contributed by atoms with van der Waals surface area (Å²) in [5.41, 5.74) is 4.96. The third-order valence-electron chi connectivity index (χ3n) is 5.74. The standard InChI is InChI=1S/C23H28FN5O2/c1-16-20(6-7-23(30)25-8-9-28-10-12-31-13-11-28)17(2)29-22(26-16)15-21(27-29)18-4-3-5-19(24)14-18/h3-5,14-15H,6-13H2,1-2H3,(H,25,30). The van der Waals surface area contributed by atoms with Crippen molar-refractivity contribution >= 4 is 11.6 Å². The summed E-state index contributed by atoms with van der Waals surface area (Å²) in [6.07, 6.45) is 0.995. The molecule has 164 valence electrons. The molecule has 0 atom stereocenters. The fourth-order valence-corrected chi connectivity index (χ4v) is 3.98. The molecule has 7 nitrogen and oxygen atoms in total. The smallest absolute Gasteiger partial charge is 0.220 e. The molecule has 1 fully saturated rings. The Hall–Kier alpha value is -2.84. The lowest BCUT2D eigenvalue weighted by molar-refractivity contribution is -0.121. The van der Waals surface area contributed by atoms with Gasteiger partial charge in [-0.25, -0.2) is 13.9 Å². The van der Waals surface area contributed by atoms with E-state index in [4.69, 9.17) is 4.74 Å². The van der Waals surface area contributed by atoms with Gasteiger partial charge in [-0.1, -0.05) is 12.1 Å². The van der Waals surface area contributed by atoms with E-state index >= 15 is 0 Å². The first-order valence-electron chi connectivity index (χ1n) is 10.7. The average Bonchev–Trinajstić information content (AvgIpc) is 3.19. The number of ether oxygens (including phenoxy) is 1. The van der Waals surface area contributed by atoms with Gasteiger partial charge in [-0.3, -0.25) is 9.69 Å². The monoisotopic (exact) mass is 425 g/mol. The Labute approximate surface area is 181 Å². The lowest BCUT2D eigenvalue weighted by Gasteiger charge is -2.26. The van der Waals surface area contributed by atoms with Crippen LogP contribution >= 0.6 is 0 Å². The van der Waals surface area contributed by atoms with Crippen molar-refractivity contribution in [1.29, 1.82) is 0 Å². The third-order valence-corrected chi connectivity index (χ3v) is 5.74. The molecule has 1 aliphatic heterocycles. The number of rotatable bonds is 7. The number of morpholine rings is 1. The zero-order chi connectivity index (χ0) is 21.8. The molecule has 0 bridgehead atoms. The van der Waals surface area contributed by atoms with Crippen LogP contribution in [-0.2, 0) is 16.0 Å². The van der Waals surface area contributed by atoms with E-state index in [1.54, 1.807) is 10.6 Å². The fourth-order valence-electron chi connectivity index (χ4n) is 3.98. The number of benzene rings is 1. The molecule has 4 rings (SSSR count). The van der Waals surface area contributed by atoms with E-state index in [9.17, 15) is 9.18 Å². The maximum absolute atomic E-state index is 13.6. The van der Waals surface area contributed by atoms with Crippen molar-refractivity contribution in [3.05, 3.63) is 53.1 Å². The van der Waals surface area contributed by atoms with Gasteiger partial charge >= 0.3 is 0 Å². The zero-order valence-corrected chi connectivity index (χ0v) is 18.0. The predicted octanol–water partition coefficient (Wildman–Crippen LogP) is 2.53. The van der Waals surface area contributed by atoms with Gasteiger partial charge < -0.3 is 10.1 Å². The lowest BCUT2D eigenvalue weighted by atomic mass is 10.1. The summed E-state index contributed by atoms with van der Waals surface area (Å²) in [6, 6.07) is 8.23. The number of carbonyl (C=O) groups is 1. The van der Waals surface area contributed by atoms with Crippen LogP contribution in [-0.4, -0.2) is 64.8 Å². The number of hydrogen-bond donors (Lipinski definition) is 1. The molecule has 3 aromatic rings. The Bertz CT molecular complexity index is 1080. The minimum Gasteiger partial charge on any atom is -0.379 e. The molecule has 0 unspecified atom stereocenters. The van der Waals surface area contributed by atoms with Gasteiger partial charge in [0.1, 0.15) is 5.82 Å². The van der Waals surface area contributed by atoms with Crippen LogP contribution in [0.1, 0.15) is 23.4 Å². The molecule has 8 heteroatoms. The molecule has 0 saturated carbocycles. The number of fused-ring (bicyclic) bond motifs is 1. The Morgan fingerprint density at radius 3 is 2.81 bits per heavy atom. The van der Waals surface area contributed by atoms with Crippen molar-refractivity contribution in [1.82, 2.24) is 24.8 Å². The molecule has 1 aliphatic rings. The van der Waals surface area contributed by atoms with Crippen LogP contribution in [0.15, 0.2) is 30.3 Å². The van der Waals surface area contributed by atoms with Crippen LogP contribution in [0.5, 0.6) is 0 Å². The maximum atomic E-state index is 13.6. The first-order valence-corrected chi connectivity index (χ1v) is 10.7. The van der Waals surface area contributed by atoms with Crippen molar-refractivity contribution in [2.45, 2.75) is 26.7 Å². The highest BCUT2D eigenvalue weighted by atomic mass is 19.1. The predicted molar refractivity (Wildman–Crippen MR) is 116 cm³/mol. The molecular formula is C23H28FN5O2. The average molecular weight is 426 g/mol. The Morgan fingerprint density at radius 2 is 2.03 bits per heavy atom. The summed E-state index contributed by atoms with van der Waals surface area (Å²) in [4.78, 5) is 19.3. The number of halogens is 1. The number of amides is 1. The first kappa shape index (κ1) is 21.4. The first-order chi connectivity index (χ1) is 15.0. The topological polar surface area (TPSA) is 71.8 Å². The summed E-state index contributed by atoms with van der Waals surface area (Å²) >= 11 is 0. The second kappa shape index (κ2) is 9.53. The van der Waals surface area contributed by atoms with Crippen molar-refractivity contribution in [2.75, 3.05) is 39.4 Å². The molecule has 2 aromatic heterocycles. The number of nitrogens with zero attached hydrogens (tertiary/aromatic N) is 4. The number of nitrogens with one attached hydrogen (secondary N) is 1. The van der Waals surface area contributed by atoms with Gasteiger partial charge in [0.2, 0.25) is 5.91 Å². The highest BCUT2D eigenvalue weighted by molar-refractivity contribution is 5.76. The van der Waals surface area contributed by atoms with E-state index in [2.05, 4.69) is 20.3 Å². The van der Waals surface area contributed by atoms with Crippen LogP contribution in [0, 0.1) is 19.7 Å². The van der Waals surface area contributed by atoms with Crippen LogP contribution < -0.4 is 5.32 Å². The number of carbonyl (C=O) groups excluding carboxylic acids is 1. The zero-order valence-electron chi connectivity index (χ0n) is 18.0. The van der Waals surface area contributed by atoms with Crippen LogP contribution in [0.2, 0.25) is 0 Å². The van der Waals surface area contributed by atoms with E-state index in [0.717, 1.165) is 49.8 Å². The van der Waals surface area contributed by atoms with E-state index in [1.807, 2.05) is 26.0 Å². The summed E-state index contributed by atoms with van der Waals surface area (Å²) in [5.74, 6) is -0.260. The molecule has 1 N–H and O–H groups in total. The molecular weight excluding hydrogens is 397 g/mol. The van der Waals surface area contributed by atoms with Gasteiger partial charge in [0.25, 0.3) is 0 Å². The number of aryl methyl sites for hydroxylation is 2. The van der Waals surface area contributed by atoms with Gasteiger partial charge in [-0.15, -0.1) is 0 Å². The Morgan fingerprint density at radius 1 is 1.23 bits per heavy atom. The van der Waals surface area contributed by atoms with Crippen LogP contribution in [0.4, 0.5) is 4.39 Å². The number of aromatic nitrogens is 3. The third kappa shape index (κ3) is 5.08. The van der Waals surface area contributed by atoms with Gasteiger partial charge in [-0.05, 0) is 38.0 Å². The minimum atomic E-state index is -0.296. The van der Waals surface area contributed by atoms with Crippen LogP contribution in [0.25, 0.3) is 16.9 Å². The van der Waals surface area contributed by atoms with E-state index < -0.39 is 0 Å². The van der Waals surface area contributed by atoms with Crippen molar-refractivity contribution in [2.24, 2.45) is 0 Å². The largest absolute Gasteiger partial charge is 0.379 e. The molecule has 1 aromatic carbocycles. The quantitative estimate of drug-likeness (QED) is 0.630. The van der Waals surface area contributed by atoms with Gasteiger partial charge in [0, 0.05) is 55.6 Å². The Balaban J connectivity index is 1.41. The van der Waals surface area contributed by atoms with E-state index in [0.29, 0.717) is 36.3 Å². The summed E-state index contributed by atoms with van der Waals surface area (Å²) in [5, 5.41) is 7.63. The molecule has 3 heterocycles. The highest BCUT2D eigenvalue weighted by Gasteiger charge is 2.15. The summed E-state index contributed by atoms with van der Waals surface area (Å²) in [7, 11) is 0.